The van der Waals surface area contributed by atoms with Gasteiger partial charge in [0, 0.05) is 29.4 Å². The average molecular weight is 335 g/mol. The van der Waals surface area contributed by atoms with Crippen molar-refractivity contribution in [2.75, 3.05) is 26.6 Å². The van der Waals surface area contributed by atoms with Crippen molar-refractivity contribution in [3.8, 4) is 11.5 Å². The van der Waals surface area contributed by atoms with Gasteiger partial charge in [-0.3, -0.25) is 0 Å². The normalized spacial score (nSPS) is 10.1. The Morgan fingerprint density at radius 1 is 1.17 bits per heavy atom. The summed E-state index contributed by atoms with van der Waals surface area (Å²) in [5, 5.41) is 3.37. The molecule has 0 saturated carbocycles. The van der Waals surface area contributed by atoms with Crippen molar-refractivity contribution in [3.63, 3.8) is 0 Å². The fraction of sp³-hybridized carbons (Fsp3) is 0.235. The molecule has 0 atom stereocenters. The van der Waals surface area contributed by atoms with Crippen LogP contribution in [0, 0.1) is 0 Å². The van der Waals surface area contributed by atoms with E-state index < -0.39 is 0 Å². The highest BCUT2D eigenvalue weighted by molar-refractivity contribution is 6.30. The van der Waals surface area contributed by atoms with Crippen LogP contribution in [-0.4, -0.2) is 32.2 Å². The van der Waals surface area contributed by atoms with Crippen molar-refractivity contribution < 1.29 is 14.3 Å². The number of benzene rings is 2. The molecule has 1 N–H and O–H groups in total. The van der Waals surface area contributed by atoms with Crippen LogP contribution in [0.2, 0.25) is 5.02 Å². The van der Waals surface area contributed by atoms with Gasteiger partial charge in [-0.25, -0.2) is 4.79 Å². The number of halogens is 1. The number of anilines is 1. The van der Waals surface area contributed by atoms with Crippen LogP contribution in [-0.2, 0) is 6.54 Å². The molecule has 6 heteroatoms. The molecule has 0 fully saturated rings. The molecule has 0 spiro atoms. The highest BCUT2D eigenvalue weighted by atomic mass is 35.5. The molecule has 0 aliphatic carbocycles. The van der Waals surface area contributed by atoms with Crippen LogP contribution in [0.3, 0.4) is 0 Å². The monoisotopic (exact) mass is 334 g/mol. The first-order valence-electron chi connectivity index (χ1n) is 7.02. The lowest BCUT2D eigenvalue weighted by atomic mass is 10.2. The van der Waals surface area contributed by atoms with Gasteiger partial charge in [-0.2, -0.15) is 0 Å². The molecule has 0 radical (unpaired) electrons. The van der Waals surface area contributed by atoms with Gasteiger partial charge in [0.05, 0.1) is 20.8 Å². The van der Waals surface area contributed by atoms with Gasteiger partial charge < -0.3 is 19.7 Å². The van der Waals surface area contributed by atoms with Crippen LogP contribution < -0.4 is 14.8 Å². The first-order chi connectivity index (χ1) is 11.0. The fourth-order valence-corrected chi connectivity index (χ4v) is 2.29. The SMILES string of the molecule is COc1ccc(CN(C)C(=O)Nc2cccc(Cl)c2)c(OC)c1. The Labute approximate surface area is 140 Å². The number of methoxy groups -OCH3 is 2. The summed E-state index contributed by atoms with van der Waals surface area (Å²) >= 11 is 5.91. The third-order valence-electron chi connectivity index (χ3n) is 3.32. The van der Waals surface area contributed by atoms with Crippen LogP contribution in [0.25, 0.3) is 0 Å². The quantitative estimate of drug-likeness (QED) is 0.898. The van der Waals surface area contributed by atoms with Gasteiger partial charge in [-0.05, 0) is 30.3 Å². The number of nitrogens with zero attached hydrogens (tertiary/aromatic N) is 1. The first-order valence-corrected chi connectivity index (χ1v) is 7.40. The van der Waals surface area contributed by atoms with E-state index in [9.17, 15) is 4.79 Å². The summed E-state index contributed by atoms with van der Waals surface area (Å²) < 4.78 is 10.5. The summed E-state index contributed by atoms with van der Waals surface area (Å²) in [6.45, 7) is 0.402. The Kier molecular flexibility index (Phi) is 5.71. The number of rotatable bonds is 5. The van der Waals surface area contributed by atoms with E-state index in [0.29, 0.717) is 28.8 Å². The second-order valence-corrected chi connectivity index (χ2v) is 5.41. The molecule has 2 aromatic carbocycles. The smallest absolute Gasteiger partial charge is 0.321 e. The summed E-state index contributed by atoms with van der Waals surface area (Å²) in [6.07, 6.45) is 0. The van der Waals surface area contributed by atoms with E-state index in [4.69, 9.17) is 21.1 Å². The van der Waals surface area contributed by atoms with Crippen molar-refractivity contribution in [1.82, 2.24) is 4.90 Å². The van der Waals surface area contributed by atoms with Crippen molar-refractivity contribution >= 4 is 23.3 Å². The Balaban J connectivity index is 2.06. The molecule has 0 aliphatic heterocycles. The number of nitrogens with one attached hydrogen (secondary N) is 1. The van der Waals surface area contributed by atoms with Crippen molar-refractivity contribution in [2.24, 2.45) is 0 Å². The molecule has 0 unspecified atom stereocenters. The standard InChI is InChI=1S/C17H19ClN2O3/c1-20(17(21)19-14-6-4-5-13(18)9-14)11-12-7-8-15(22-2)10-16(12)23-3/h4-10H,11H2,1-3H3,(H,19,21). The van der Waals surface area contributed by atoms with Gasteiger partial charge >= 0.3 is 6.03 Å². The zero-order valence-electron chi connectivity index (χ0n) is 13.3. The summed E-state index contributed by atoms with van der Waals surface area (Å²) in [5.74, 6) is 1.38. The van der Waals surface area contributed by atoms with Gasteiger partial charge in [-0.15, -0.1) is 0 Å². The fourth-order valence-electron chi connectivity index (χ4n) is 2.09. The maximum atomic E-state index is 12.3. The molecule has 23 heavy (non-hydrogen) atoms. The van der Waals surface area contributed by atoms with Crippen molar-refractivity contribution in [1.29, 1.82) is 0 Å². The number of ether oxygens (including phenoxy) is 2. The molecule has 0 saturated heterocycles. The minimum absolute atomic E-state index is 0.231. The van der Waals surface area contributed by atoms with Crippen LogP contribution in [0.1, 0.15) is 5.56 Å². The van der Waals surface area contributed by atoms with Crippen LogP contribution in [0.5, 0.6) is 11.5 Å². The van der Waals surface area contributed by atoms with Crippen molar-refractivity contribution in [3.05, 3.63) is 53.1 Å². The number of hydrogen-bond donors (Lipinski definition) is 1. The van der Waals surface area contributed by atoms with E-state index in [1.54, 1.807) is 56.5 Å². The molecule has 2 aromatic rings. The number of amides is 2. The van der Waals surface area contributed by atoms with E-state index in [-0.39, 0.29) is 6.03 Å². The minimum Gasteiger partial charge on any atom is -0.497 e. The van der Waals surface area contributed by atoms with E-state index in [0.717, 1.165) is 5.56 Å². The molecule has 0 aliphatic rings. The van der Waals surface area contributed by atoms with Crippen LogP contribution in [0.15, 0.2) is 42.5 Å². The highest BCUT2D eigenvalue weighted by Gasteiger charge is 2.13. The lowest BCUT2D eigenvalue weighted by molar-refractivity contribution is 0.220. The molecule has 5 nitrogen and oxygen atoms in total. The third kappa shape index (κ3) is 4.53. The van der Waals surface area contributed by atoms with E-state index in [1.165, 1.54) is 0 Å². The van der Waals surface area contributed by atoms with E-state index in [1.807, 2.05) is 12.1 Å². The van der Waals surface area contributed by atoms with E-state index >= 15 is 0 Å². The van der Waals surface area contributed by atoms with E-state index in [2.05, 4.69) is 5.32 Å². The molecular formula is C17H19ClN2O3. The molecule has 122 valence electrons. The summed E-state index contributed by atoms with van der Waals surface area (Å²) in [5.41, 5.74) is 1.54. The second-order valence-electron chi connectivity index (χ2n) is 4.97. The molecule has 2 rings (SSSR count). The third-order valence-corrected chi connectivity index (χ3v) is 3.56. The first kappa shape index (κ1) is 17.0. The summed E-state index contributed by atoms with van der Waals surface area (Å²) in [7, 11) is 4.90. The number of carbonyl (C=O) groups is 1. The molecule has 2 amide bonds. The van der Waals surface area contributed by atoms with Gasteiger partial charge in [-0.1, -0.05) is 17.7 Å². The minimum atomic E-state index is -0.231. The van der Waals surface area contributed by atoms with Crippen molar-refractivity contribution in [2.45, 2.75) is 6.54 Å². The highest BCUT2D eigenvalue weighted by Crippen LogP contribution is 2.25. The maximum Gasteiger partial charge on any atom is 0.321 e. The van der Waals surface area contributed by atoms with Gasteiger partial charge in [0.2, 0.25) is 0 Å². The maximum absolute atomic E-state index is 12.3. The molecular weight excluding hydrogens is 316 g/mol. The zero-order valence-corrected chi connectivity index (χ0v) is 14.1. The predicted octanol–water partition coefficient (Wildman–Crippen LogP) is 4.02. The molecule has 0 heterocycles. The Morgan fingerprint density at radius 2 is 1.96 bits per heavy atom. The summed E-state index contributed by atoms with van der Waals surface area (Å²) in [6, 6.07) is 12.3. The topological polar surface area (TPSA) is 50.8 Å². The number of urea groups is 1. The predicted molar refractivity (Wildman–Crippen MR) is 91.5 cm³/mol. The van der Waals surface area contributed by atoms with Crippen LogP contribution in [0.4, 0.5) is 10.5 Å². The second kappa shape index (κ2) is 7.74. The van der Waals surface area contributed by atoms with Gasteiger partial charge in [0.25, 0.3) is 0 Å². The zero-order chi connectivity index (χ0) is 16.8. The lowest BCUT2D eigenvalue weighted by Crippen LogP contribution is -2.30. The van der Waals surface area contributed by atoms with Gasteiger partial charge in [0.15, 0.2) is 0 Å². The Hall–Kier alpha value is -2.40. The largest absolute Gasteiger partial charge is 0.497 e. The average Bonchev–Trinajstić information content (AvgIpc) is 2.55. The number of carbonyl (C=O) groups excluding carboxylic acids is 1. The molecule has 0 aromatic heterocycles. The Morgan fingerprint density at radius 3 is 2.61 bits per heavy atom. The number of hydrogen-bond acceptors (Lipinski definition) is 3. The van der Waals surface area contributed by atoms with Crippen LogP contribution >= 0.6 is 11.6 Å². The summed E-state index contributed by atoms with van der Waals surface area (Å²) in [4.78, 5) is 13.8. The molecule has 0 bridgehead atoms. The lowest BCUT2D eigenvalue weighted by Gasteiger charge is -2.20. The Bertz CT molecular complexity index is 691. The van der Waals surface area contributed by atoms with Gasteiger partial charge in [0.1, 0.15) is 11.5 Å².